The maximum atomic E-state index is 10.4. The molecule has 0 spiro atoms. The molecular formula is C8H12N2O2. The zero-order valence-corrected chi connectivity index (χ0v) is 7.19. The van der Waals surface area contributed by atoms with Crippen LogP contribution in [0.4, 0.5) is 0 Å². The lowest BCUT2D eigenvalue weighted by Gasteiger charge is -2.25. The van der Waals surface area contributed by atoms with Gasteiger partial charge in [-0.1, -0.05) is 0 Å². The molecule has 0 saturated heterocycles. The van der Waals surface area contributed by atoms with Crippen LogP contribution < -0.4 is 0 Å². The molecule has 0 aliphatic carbocycles. The molecule has 0 bridgehead atoms. The van der Waals surface area contributed by atoms with Gasteiger partial charge in [0.2, 0.25) is 0 Å². The van der Waals surface area contributed by atoms with Gasteiger partial charge < -0.3 is 10.0 Å². The Morgan fingerprint density at radius 2 is 2.50 bits per heavy atom. The van der Waals surface area contributed by atoms with E-state index < -0.39 is 5.97 Å². The number of carbonyl (C=O) groups is 1. The zero-order chi connectivity index (χ0) is 9.14. The second-order valence-electron chi connectivity index (χ2n) is 2.78. The summed E-state index contributed by atoms with van der Waals surface area (Å²) in [6, 6.07) is 0. The Hall–Kier alpha value is -1.32. The molecule has 0 aromatic rings. The van der Waals surface area contributed by atoms with E-state index in [0.717, 1.165) is 5.71 Å². The van der Waals surface area contributed by atoms with Crippen molar-refractivity contribution < 1.29 is 9.90 Å². The first-order valence-corrected chi connectivity index (χ1v) is 3.80. The fourth-order valence-electron chi connectivity index (χ4n) is 1.08. The second kappa shape index (κ2) is 3.38. The molecule has 0 radical (unpaired) electrons. The molecule has 0 saturated carbocycles. The molecule has 0 aromatic heterocycles. The lowest BCUT2D eigenvalue weighted by Crippen LogP contribution is -2.34. The van der Waals surface area contributed by atoms with Crippen LogP contribution in [0.25, 0.3) is 0 Å². The molecule has 1 aliphatic rings. The second-order valence-corrected chi connectivity index (χ2v) is 2.78. The molecule has 1 rings (SSSR count). The Kier molecular flexibility index (Phi) is 2.47. The molecule has 66 valence electrons. The molecular weight excluding hydrogens is 156 g/mol. The monoisotopic (exact) mass is 168 g/mol. The summed E-state index contributed by atoms with van der Waals surface area (Å²) in [5, 5.41) is 8.53. The van der Waals surface area contributed by atoms with Crippen molar-refractivity contribution in [3.8, 4) is 0 Å². The van der Waals surface area contributed by atoms with Gasteiger partial charge in [0.25, 0.3) is 0 Å². The largest absolute Gasteiger partial charge is 0.480 e. The maximum absolute atomic E-state index is 10.4. The van der Waals surface area contributed by atoms with Crippen LogP contribution >= 0.6 is 0 Å². The Bertz CT molecular complexity index is 245. The van der Waals surface area contributed by atoms with Crippen molar-refractivity contribution in [2.45, 2.75) is 20.0 Å². The van der Waals surface area contributed by atoms with Gasteiger partial charge in [-0.15, -0.1) is 0 Å². The van der Waals surface area contributed by atoms with E-state index in [-0.39, 0.29) is 12.7 Å². The van der Waals surface area contributed by atoms with Crippen LogP contribution in [0.15, 0.2) is 17.3 Å². The number of nitrogens with zero attached hydrogens (tertiary/aromatic N) is 2. The van der Waals surface area contributed by atoms with Gasteiger partial charge in [-0.2, -0.15) is 0 Å². The number of aliphatic imine (C=N–C) groups is 1. The van der Waals surface area contributed by atoms with Crippen LogP contribution in [0, 0.1) is 0 Å². The molecule has 4 nitrogen and oxygen atoms in total. The fourth-order valence-corrected chi connectivity index (χ4v) is 1.08. The third kappa shape index (κ3) is 2.08. The molecule has 0 amide bonds. The van der Waals surface area contributed by atoms with Crippen molar-refractivity contribution in [2.24, 2.45) is 4.99 Å². The molecule has 0 fully saturated rings. The van der Waals surface area contributed by atoms with Crippen LogP contribution in [-0.4, -0.2) is 34.4 Å². The predicted molar refractivity (Wildman–Crippen MR) is 46.1 cm³/mol. The Morgan fingerprint density at radius 1 is 1.83 bits per heavy atom. The van der Waals surface area contributed by atoms with E-state index in [1.54, 1.807) is 11.1 Å². The molecule has 1 unspecified atom stereocenters. The smallest absolute Gasteiger partial charge is 0.323 e. The van der Waals surface area contributed by atoms with Crippen molar-refractivity contribution in [1.29, 1.82) is 0 Å². The summed E-state index contributed by atoms with van der Waals surface area (Å²) in [5.74, 6) is -0.832. The standard InChI is InChI=1S/C8H12N2O2/c1-6-3-4-10(5-8(11)12)7(2)9-6/h3-4,7H,5H2,1-2H3,(H,11,12). The predicted octanol–water partition coefficient (Wildman–Crippen LogP) is 0.707. The summed E-state index contributed by atoms with van der Waals surface area (Å²) in [5.41, 5.74) is 0.934. The Labute approximate surface area is 71.2 Å². The minimum Gasteiger partial charge on any atom is -0.480 e. The summed E-state index contributed by atoms with van der Waals surface area (Å²) in [7, 11) is 0. The quantitative estimate of drug-likeness (QED) is 0.660. The van der Waals surface area contributed by atoms with Crippen molar-refractivity contribution in [1.82, 2.24) is 4.90 Å². The maximum Gasteiger partial charge on any atom is 0.323 e. The molecule has 1 heterocycles. The average molecular weight is 168 g/mol. The van der Waals surface area contributed by atoms with Crippen LogP contribution in [-0.2, 0) is 4.79 Å². The van der Waals surface area contributed by atoms with Gasteiger partial charge in [-0.05, 0) is 19.9 Å². The van der Waals surface area contributed by atoms with Crippen LogP contribution in [0.3, 0.4) is 0 Å². The lowest BCUT2D eigenvalue weighted by atomic mass is 10.3. The fraction of sp³-hybridized carbons (Fsp3) is 0.500. The van der Waals surface area contributed by atoms with Crippen LogP contribution in [0.5, 0.6) is 0 Å². The number of carboxylic acid groups (broad SMARTS) is 1. The van der Waals surface area contributed by atoms with Gasteiger partial charge in [0, 0.05) is 11.9 Å². The van der Waals surface area contributed by atoms with E-state index in [9.17, 15) is 4.79 Å². The number of hydrogen-bond donors (Lipinski definition) is 1. The molecule has 1 aliphatic heterocycles. The highest BCUT2D eigenvalue weighted by atomic mass is 16.4. The molecule has 12 heavy (non-hydrogen) atoms. The van der Waals surface area contributed by atoms with Crippen LogP contribution in [0.1, 0.15) is 13.8 Å². The average Bonchev–Trinajstić information content (AvgIpc) is 1.94. The normalized spacial score (nSPS) is 22.3. The summed E-state index contributed by atoms with van der Waals surface area (Å²) < 4.78 is 0. The zero-order valence-electron chi connectivity index (χ0n) is 7.19. The van der Waals surface area contributed by atoms with E-state index in [4.69, 9.17) is 5.11 Å². The van der Waals surface area contributed by atoms with Gasteiger partial charge >= 0.3 is 5.97 Å². The molecule has 1 N–H and O–H groups in total. The molecule has 1 atom stereocenters. The highest BCUT2D eigenvalue weighted by molar-refractivity contribution is 5.93. The van der Waals surface area contributed by atoms with Crippen molar-refractivity contribution in [3.05, 3.63) is 12.3 Å². The number of carboxylic acids is 1. The van der Waals surface area contributed by atoms with Crippen molar-refractivity contribution in [3.63, 3.8) is 0 Å². The third-order valence-electron chi connectivity index (χ3n) is 1.70. The number of rotatable bonds is 2. The number of aliphatic carboxylic acids is 1. The summed E-state index contributed by atoms with van der Waals surface area (Å²) in [6.45, 7) is 3.77. The highest BCUT2D eigenvalue weighted by Crippen LogP contribution is 2.07. The minimum atomic E-state index is -0.832. The topological polar surface area (TPSA) is 52.9 Å². The van der Waals surface area contributed by atoms with E-state index in [1.807, 2.05) is 19.9 Å². The van der Waals surface area contributed by atoms with Gasteiger partial charge in [0.05, 0.1) is 0 Å². The lowest BCUT2D eigenvalue weighted by molar-refractivity contribution is -0.138. The third-order valence-corrected chi connectivity index (χ3v) is 1.70. The number of allylic oxidation sites excluding steroid dienone is 1. The van der Waals surface area contributed by atoms with Gasteiger partial charge in [-0.25, -0.2) is 0 Å². The minimum absolute atomic E-state index is 0.00838. The van der Waals surface area contributed by atoms with Crippen molar-refractivity contribution >= 4 is 11.7 Å². The van der Waals surface area contributed by atoms with Gasteiger partial charge in [0.15, 0.2) is 0 Å². The number of hydrogen-bond acceptors (Lipinski definition) is 3. The van der Waals surface area contributed by atoms with Crippen molar-refractivity contribution in [2.75, 3.05) is 6.54 Å². The molecule has 4 heteroatoms. The summed E-state index contributed by atoms with van der Waals surface area (Å²) >= 11 is 0. The Balaban J connectivity index is 2.60. The van der Waals surface area contributed by atoms with E-state index in [1.165, 1.54) is 0 Å². The first-order valence-electron chi connectivity index (χ1n) is 3.80. The van der Waals surface area contributed by atoms with E-state index in [0.29, 0.717) is 0 Å². The summed E-state index contributed by atoms with van der Waals surface area (Å²) in [4.78, 5) is 16.3. The first kappa shape index (κ1) is 8.77. The van der Waals surface area contributed by atoms with E-state index in [2.05, 4.69) is 4.99 Å². The first-order chi connectivity index (χ1) is 5.59. The molecule has 0 aromatic carbocycles. The van der Waals surface area contributed by atoms with Gasteiger partial charge in [0.1, 0.15) is 12.7 Å². The van der Waals surface area contributed by atoms with E-state index >= 15 is 0 Å². The van der Waals surface area contributed by atoms with Crippen LogP contribution in [0.2, 0.25) is 0 Å². The Morgan fingerprint density at radius 3 is 3.00 bits per heavy atom. The summed E-state index contributed by atoms with van der Waals surface area (Å²) in [6.07, 6.45) is 3.51. The van der Waals surface area contributed by atoms with Gasteiger partial charge in [-0.3, -0.25) is 9.79 Å². The SMILES string of the molecule is CC1=NC(C)N(CC(=O)O)C=C1. The highest BCUT2D eigenvalue weighted by Gasteiger charge is 2.14.